The van der Waals surface area contributed by atoms with E-state index < -0.39 is 4.87 Å². The Morgan fingerprint density at radius 3 is 2.57 bits per heavy atom. The number of anilines is 1. The number of thioether (sulfide) groups is 1. The Kier molecular flexibility index (Phi) is 4.67. The number of fused-ring (bicyclic) bond motifs is 2. The van der Waals surface area contributed by atoms with Gasteiger partial charge in [0.25, 0.3) is 5.91 Å². The summed E-state index contributed by atoms with van der Waals surface area (Å²) in [5.41, 5.74) is 2.76. The van der Waals surface area contributed by atoms with Gasteiger partial charge in [-0.15, -0.1) is 11.8 Å². The predicted octanol–water partition coefficient (Wildman–Crippen LogP) is 5.19. The maximum Gasteiger partial charge on any atom is 0.268 e. The van der Waals surface area contributed by atoms with Crippen LogP contribution in [0.25, 0.3) is 0 Å². The predicted molar refractivity (Wildman–Crippen MR) is 121 cm³/mol. The van der Waals surface area contributed by atoms with Crippen LogP contribution in [0.2, 0.25) is 5.02 Å². The van der Waals surface area contributed by atoms with E-state index in [-0.39, 0.29) is 22.5 Å². The van der Waals surface area contributed by atoms with Crippen molar-refractivity contribution in [2.24, 2.45) is 5.92 Å². The van der Waals surface area contributed by atoms with Crippen molar-refractivity contribution in [3.63, 3.8) is 0 Å². The lowest BCUT2D eigenvalue weighted by molar-refractivity contribution is -0.146. The average Bonchev–Trinajstić information content (AvgIpc) is 3.08. The Morgan fingerprint density at radius 1 is 1.17 bits per heavy atom. The van der Waals surface area contributed by atoms with Crippen molar-refractivity contribution in [2.45, 2.75) is 49.3 Å². The zero-order valence-corrected chi connectivity index (χ0v) is 18.8. The molecule has 2 heterocycles. The second-order valence-electron chi connectivity index (χ2n) is 9.10. The molecule has 1 atom stereocenters. The van der Waals surface area contributed by atoms with Crippen LogP contribution in [0.15, 0.2) is 48.5 Å². The molecule has 2 fully saturated rings. The summed E-state index contributed by atoms with van der Waals surface area (Å²) in [5, 5.41) is 0.587. The van der Waals surface area contributed by atoms with Crippen molar-refractivity contribution in [1.82, 2.24) is 4.90 Å². The molecule has 5 rings (SSSR count). The number of carbonyl (C=O) groups is 2. The minimum atomic E-state index is -1.04. The van der Waals surface area contributed by atoms with Gasteiger partial charge in [0, 0.05) is 27.8 Å². The van der Waals surface area contributed by atoms with Crippen LogP contribution in [-0.4, -0.2) is 28.0 Å². The second-order valence-corrected chi connectivity index (χ2v) is 11.4. The highest BCUT2D eigenvalue weighted by atomic mass is 35.5. The molecule has 4 nitrogen and oxygen atoms in total. The molecule has 156 valence electrons. The molecule has 0 aromatic heterocycles. The van der Waals surface area contributed by atoms with Crippen molar-refractivity contribution in [2.75, 3.05) is 11.4 Å². The number of rotatable bonds is 3. The third kappa shape index (κ3) is 2.97. The summed E-state index contributed by atoms with van der Waals surface area (Å²) in [6.45, 7) is 5.27. The van der Waals surface area contributed by atoms with Crippen molar-refractivity contribution in [3.05, 3.63) is 64.7 Å². The zero-order valence-electron chi connectivity index (χ0n) is 17.2. The van der Waals surface area contributed by atoms with Gasteiger partial charge in [0.1, 0.15) is 0 Å². The highest BCUT2D eigenvalue weighted by Gasteiger charge is 2.64. The van der Waals surface area contributed by atoms with Crippen LogP contribution < -0.4 is 4.90 Å². The summed E-state index contributed by atoms with van der Waals surface area (Å²) in [7, 11) is 0. The molecule has 2 aromatic rings. The van der Waals surface area contributed by atoms with Crippen LogP contribution in [0.1, 0.15) is 44.2 Å². The Morgan fingerprint density at radius 2 is 1.90 bits per heavy atom. The molecule has 2 aromatic carbocycles. The first kappa shape index (κ1) is 20.0. The lowest BCUT2D eigenvalue weighted by Crippen LogP contribution is -2.52. The van der Waals surface area contributed by atoms with Gasteiger partial charge in [-0.2, -0.15) is 0 Å². The van der Waals surface area contributed by atoms with Crippen LogP contribution in [0.4, 0.5) is 5.69 Å². The number of amides is 2. The summed E-state index contributed by atoms with van der Waals surface area (Å²) < 4.78 is -0.225. The van der Waals surface area contributed by atoms with E-state index in [2.05, 4.69) is 13.8 Å². The molecule has 3 aliphatic rings. The molecule has 1 aliphatic carbocycles. The molecule has 0 bridgehead atoms. The summed E-state index contributed by atoms with van der Waals surface area (Å²) in [4.78, 5) is 30.3. The Bertz CT molecular complexity index is 1020. The number of halogens is 1. The third-order valence-electron chi connectivity index (χ3n) is 6.40. The molecule has 1 saturated carbocycles. The van der Waals surface area contributed by atoms with Crippen molar-refractivity contribution in [1.29, 1.82) is 0 Å². The maximum absolute atomic E-state index is 14.1. The molecule has 0 N–H and O–H groups in total. The number of benzene rings is 2. The van der Waals surface area contributed by atoms with Gasteiger partial charge in [-0.3, -0.25) is 9.59 Å². The first-order valence-corrected chi connectivity index (χ1v) is 11.7. The molecule has 0 unspecified atom stereocenters. The van der Waals surface area contributed by atoms with E-state index in [0.717, 1.165) is 36.1 Å². The summed E-state index contributed by atoms with van der Waals surface area (Å²) in [6, 6.07) is 15.6. The van der Waals surface area contributed by atoms with Crippen LogP contribution in [0.3, 0.4) is 0 Å². The van der Waals surface area contributed by atoms with Gasteiger partial charge in [-0.05, 0) is 50.5 Å². The highest BCUT2D eigenvalue weighted by molar-refractivity contribution is 8.02. The zero-order chi connectivity index (χ0) is 21.1. The van der Waals surface area contributed by atoms with E-state index in [0.29, 0.717) is 18.1 Å². The van der Waals surface area contributed by atoms with Gasteiger partial charge in [-0.25, -0.2) is 0 Å². The van der Waals surface area contributed by atoms with Gasteiger partial charge < -0.3 is 9.80 Å². The topological polar surface area (TPSA) is 40.6 Å². The molecular formula is C24H25ClN2O2S. The second kappa shape index (κ2) is 7.03. The molecule has 6 heteroatoms. The number of nitrogens with zero attached hydrogens (tertiary/aromatic N) is 2. The van der Waals surface area contributed by atoms with Gasteiger partial charge >= 0.3 is 0 Å². The largest absolute Gasteiger partial charge is 0.314 e. The van der Waals surface area contributed by atoms with E-state index >= 15 is 0 Å². The van der Waals surface area contributed by atoms with Crippen molar-refractivity contribution in [3.8, 4) is 0 Å². The van der Waals surface area contributed by atoms with Crippen LogP contribution in [0, 0.1) is 5.92 Å². The summed E-state index contributed by atoms with van der Waals surface area (Å²) in [6.07, 6.45) is 2.92. The number of hydrogen-bond acceptors (Lipinski definition) is 3. The van der Waals surface area contributed by atoms with E-state index in [9.17, 15) is 9.59 Å². The fraction of sp³-hybridized carbons (Fsp3) is 0.417. The van der Waals surface area contributed by atoms with Crippen LogP contribution in [0.5, 0.6) is 0 Å². The van der Waals surface area contributed by atoms with Crippen LogP contribution >= 0.6 is 23.4 Å². The van der Waals surface area contributed by atoms with E-state index in [1.165, 1.54) is 0 Å². The highest BCUT2D eigenvalue weighted by Crippen LogP contribution is 2.60. The molecule has 2 aliphatic heterocycles. The molecule has 1 spiro atoms. The molecule has 0 radical (unpaired) electrons. The minimum Gasteiger partial charge on any atom is -0.314 e. The van der Waals surface area contributed by atoms with Gasteiger partial charge in [0.2, 0.25) is 5.91 Å². The fourth-order valence-electron chi connectivity index (χ4n) is 4.79. The number of carbonyl (C=O) groups excluding carboxylic acids is 2. The SMILES string of the molecule is CC1(C)CN(C(=O)C2CCC2)[C@@]2(S1)C(=O)N(Cc1ccccc1)c1ccc(Cl)cc12. The van der Waals surface area contributed by atoms with Gasteiger partial charge in [0.15, 0.2) is 4.87 Å². The molecule has 2 amide bonds. The lowest BCUT2D eigenvalue weighted by Gasteiger charge is -2.37. The van der Waals surface area contributed by atoms with E-state index in [1.807, 2.05) is 58.3 Å². The van der Waals surface area contributed by atoms with Crippen LogP contribution in [-0.2, 0) is 21.0 Å². The van der Waals surface area contributed by atoms with Gasteiger partial charge in [0.05, 0.1) is 12.2 Å². The Hall–Kier alpha value is -1.98. The molecule has 1 saturated heterocycles. The Labute approximate surface area is 186 Å². The fourth-order valence-corrected chi connectivity index (χ4v) is 6.69. The first-order valence-electron chi connectivity index (χ1n) is 10.5. The Balaban J connectivity index is 1.64. The monoisotopic (exact) mass is 440 g/mol. The molecule has 30 heavy (non-hydrogen) atoms. The van der Waals surface area contributed by atoms with E-state index in [4.69, 9.17) is 11.6 Å². The van der Waals surface area contributed by atoms with E-state index in [1.54, 1.807) is 11.8 Å². The summed E-state index contributed by atoms with van der Waals surface area (Å²) in [5.74, 6) is 0.113. The van der Waals surface area contributed by atoms with Crippen molar-refractivity contribution >= 4 is 40.9 Å². The first-order chi connectivity index (χ1) is 14.3. The summed E-state index contributed by atoms with van der Waals surface area (Å²) >= 11 is 7.99. The quantitative estimate of drug-likeness (QED) is 0.659. The standard InChI is InChI=1S/C24H25ClN2O2S/c1-23(2)15-27(21(28)17-9-6-10-17)24(30-23)19-13-18(25)11-12-20(19)26(22(24)29)14-16-7-4-3-5-8-16/h3-5,7-8,11-13,17H,6,9-10,14-15H2,1-2H3/t24-/m0/s1. The van der Waals surface area contributed by atoms with Gasteiger partial charge in [-0.1, -0.05) is 48.4 Å². The minimum absolute atomic E-state index is 0.0353. The average molecular weight is 441 g/mol. The third-order valence-corrected chi connectivity index (χ3v) is 8.22. The van der Waals surface area contributed by atoms with Crippen molar-refractivity contribution < 1.29 is 9.59 Å². The maximum atomic E-state index is 14.1. The lowest BCUT2D eigenvalue weighted by atomic mass is 9.83. The molecular weight excluding hydrogens is 416 g/mol. The normalized spacial score (nSPS) is 25.0. The smallest absolute Gasteiger partial charge is 0.268 e. The number of hydrogen-bond donors (Lipinski definition) is 0.